The van der Waals surface area contributed by atoms with Gasteiger partial charge in [0.1, 0.15) is 11.6 Å². The number of rotatable bonds is 7. The summed E-state index contributed by atoms with van der Waals surface area (Å²) in [6.07, 6.45) is -3.07. The number of benzene rings is 1. The number of hydrogen-bond acceptors (Lipinski definition) is 3. The van der Waals surface area contributed by atoms with Crippen LogP contribution in [0.25, 0.3) is 0 Å². The van der Waals surface area contributed by atoms with Crippen LogP contribution in [0.5, 0.6) is 0 Å². The van der Waals surface area contributed by atoms with Crippen molar-refractivity contribution in [3.8, 4) is 0 Å². The Hall–Kier alpha value is -2.01. The molecular formula is C16H16F5N3O2S. The highest BCUT2D eigenvalue weighted by atomic mass is 32.2. The maximum atomic E-state index is 13.6. The zero-order valence-electron chi connectivity index (χ0n) is 13.9. The molecule has 5 nitrogen and oxygen atoms in total. The Morgan fingerprint density at radius 2 is 1.89 bits per heavy atom. The SMILES string of the molecule is O=S(=O)(Cc1cc(F)ccc1F)NCCn1nc(C(F)(F)F)cc1C1CC1. The van der Waals surface area contributed by atoms with Gasteiger partial charge in [0, 0.05) is 23.7 Å². The minimum Gasteiger partial charge on any atom is -0.267 e. The average molecular weight is 409 g/mol. The Kier molecular flexibility index (Phi) is 5.26. The highest BCUT2D eigenvalue weighted by Gasteiger charge is 2.37. The van der Waals surface area contributed by atoms with Gasteiger partial charge in [0.05, 0.1) is 12.3 Å². The number of nitrogens with zero attached hydrogens (tertiary/aromatic N) is 2. The second-order valence-electron chi connectivity index (χ2n) is 6.34. The quantitative estimate of drug-likeness (QED) is 0.715. The zero-order chi connectivity index (χ0) is 19.8. The van der Waals surface area contributed by atoms with E-state index < -0.39 is 39.3 Å². The molecule has 1 aromatic heterocycles. The fourth-order valence-electron chi connectivity index (χ4n) is 2.67. The van der Waals surface area contributed by atoms with E-state index >= 15 is 0 Å². The summed E-state index contributed by atoms with van der Waals surface area (Å²) in [5.74, 6) is -2.42. The number of hydrogen-bond donors (Lipinski definition) is 1. The van der Waals surface area contributed by atoms with Crippen LogP contribution in [0.3, 0.4) is 0 Å². The van der Waals surface area contributed by atoms with E-state index in [1.807, 2.05) is 0 Å². The van der Waals surface area contributed by atoms with E-state index in [4.69, 9.17) is 0 Å². The highest BCUT2D eigenvalue weighted by molar-refractivity contribution is 7.88. The number of aromatic nitrogens is 2. The number of alkyl halides is 3. The van der Waals surface area contributed by atoms with Crippen molar-refractivity contribution in [2.45, 2.75) is 37.2 Å². The second kappa shape index (κ2) is 7.19. The van der Waals surface area contributed by atoms with Crippen molar-refractivity contribution in [1.82, 2.24) is 14.5 Å². The molecule has 0 amide bonds. The van der Waals surface area contributed by atoms with Crippen molar-refractivity contribution in [2.24, 2.45) is 0 Å². The summed E-state index contributed by atoms with van der Waals surface area (Å²) in [6, 6.07) is 3.45. The Labute approximate surface area is 152 Å². The van der Waals surface area contributed by atoms with E-state index in [1.54, 1.807) is 0 Å². The van der Waals surface area contributed by atoms with Crippen LogP contribution in [-0.4, -0.2) is 24.7 Å². The van der Waals surface area contributed by atoms with Gasteiger partial charge < -0.3 is 0 Å². The molecule has 27 heavy (non-hydrogen) atoms. The molecule has 3 rings (SSSR count). The van der Waals surface area contributed by atoms with Crippen molar-refractivity contribution in [1.29, 1.82) is 0 Å². The normalized spacial score (nSPS) is 15.3. The van der Waals surface area contributed by atoms with Crippen molar-refractivity contribution in [2.75, 3.05) is 6.54 Å². The predicted molar refractivity (Wildman–Crippen MR) is 86.2 cm³/mol. The molecule has 148 valence electrons. The summed E-state index contributed by atoms with van der Waals surface area (Å²) in [7, 11) is -4.00. The fraction of sp³-hybridized carbons (Fsp3) is 0.438. The first kappa shape index (κ1) is 19.7. The van der Waals surface area contributed by atoms with Crippen LogP contribution in [0.15, 0.2) is 24.3 Å². The van der Waals surface area contributed by atoms with Crippen LogP contribution in [-0.2, 0) is 28.5 Å². The van der Waals surface area contributed by atoms with Gasteiger partial charge in [-0.15, -0.1) is 0 Å². The number of sulfonamides is 1. The molecule has 0 bridgehead atoms. The van der Waals surface area contributed by atoms with Gasteiger partial charge in [0.25, 0.3) is 0 Å². The third-order valence-electron chi connectivity index (χ3n) is 4.10. The average Bonchev–Trinajstić information content (AvgIpc) is 3.29. The lowest BCUT2D eigenvalue weighted by molar-refractivity contribution is -0.141. The molecule has 1 saturated carbocycles. The minimum atomic E-state index is -4.58. The lowest BCUT2D eigenvalue weighted by atomic mass is 10.2. The molecule has 0 spiro atoms. The molecule has 1 aromatic carbocycles. The first-order chi connectivity index (χ1) is 12.5. The Balaban J connectivity index is 1.65. The Bertz CT molecular complexity index is 936. The maximum Gasteiger partial charge on any atom is 0.435 e. The van der Waals surface area contributed by atoms with Gasteiger partial charge in [-0.1, -0.05) is 0 Å². The molecule has 0 aliphatic heterocycles. The van der Waals surface area contributed by atoms with Crippen molar-refractivity contribution < 1.29 is 30.4 Å². The van der Waals surface area contributed by atoms with Crippen LogP contribution in [0.4, 0.5) is 22.0 Å². The largest absolute Gasteiger partial charge is 0.435 e. The molecule has 11 heteroatoms. The third kappa shape index (κ3) is 5.04. The summed E-state index contributed by atoms with van der Waals surface area (Å²) in [5, 5.41) is 3.52. The summed E-state index contributed by atoms with van der Waals surface area (Å²) < 4.78 is 92.6. The fourth-order valence-corrected chi connectivity index (χ4v) is 3.81. The maximum absolute atomic E-state index is 13.6. The lowest BCUT2D eigenvalue weighted by Crippen LogP contribution is -2.29. The van der Waals surface area contributed by atoms with E-state index in [1.165, 1.54) is 0 Å². The van der Waals surface area contributed by atoms with Gasteiger partial charge in [0.15, 0.2) is 5.69 Å². The number of nitrogens with one attached hydrogen (secondary N) is 1. The Morgan fingerprint density at radius 3 is 2.52 bits per heavy atom. The molecule has 1 heterocycles. The predicted octanol–water partition coefficient (Wildman–Crippen LogP) is 3.18. The minimum absolute atomic E-state index is 0.00778. The molecule has 1 fully saturated rings. The lowest BCUT2D eigenvalue weighted by Gasteiger charge is -2.10. The van der Waals surface area contributed by atoms with Crippen LogP contribution >= 0.6 is 0 Å². The van der Waals surface area contributed by atoms with Gasteiger partial charge in [-0.25, -0.2) is 21.9 Å². The van der Waals surface area contributed by atoms with Gasteiger partial charge >= 0.3 is 6.18 Å². The van der Waals surface area contributed by atoms with Crippen LogP contribution in [0.1, 0.15) is 35.7 Å². The topological polar surface area (TPSA) is 64.0 Å². The van der Waals surface area contributed by atoms with E-state index in [-0.39, 0.29) is 24.6 Å². The first-order valence-electron chi connectivity index (χ1n) is 8.11. The molecule has 1 aliphatic rings. The van der Waals surface area contributed by atoms with Gasteiger partial charge in [-0.3, -0.25) is 4.68 Å². The molecule has 0 unspecified atom stereocenters. The Morgan fingerprint density at radius 1 is 1.19 bits per heavy atom. The highest BCUT2D eigenvalue weighted by Crippen LogP contribution is 2.42. The van der Waals surface area contributed by atoms with Gasteiger partial charge in [0.2, 0.25) is 10.0 Å². The molecule has 1 N–H and O–H groups in total. The summed E-state index contributed by atoms with van der Waals surface area (Å²) >= 11 is 0. The van der Waals surface area contributed by atoms with E-state index in [2.05, 4.69) is 9.82 Å². The molecule has 0 atom stereocenters. The van der Waals surface area contributed by atoms with E-state index in [9.17, 15) is 30.4 Å². The standard InChI is InChI=1S/C16H16F5N3O2S/c17-12-3-4-13(18)11(7-12)9-27(25,26)22-5-6-24-14(10-1-2-10)8-15(23-24)16(19,20)21/h3-4,7-8,10,22H,1-2,5-6,9H2. The van der Waals surface area contributed by atoms with Crippen molar-refractivity contribution >= 4 is 10.0 Å². The van der Waals surface area contributed by atoms with Crippen molar-refractivity contribution in [3.63, 3.8) is 0 Å². The smallest absolute Gasteiger partial charge is 0.267 e. The molecule has 0 saturated heterocycles. The summed E-state index contributed by atoms with van der Waals surface area (Å²) in [4.78, 5) is 0. The van der Waals surface area contributed by atoms with Crippen LogP contribution in [0, 0.1) is 11.6 Å². The zero-order valence-corrected chi connectivity index (χ0v) is 14.7. The number of halogens is 5. The van der Waals surface area contributed by atoms with Crippen LogP contribution in [0.2, 0.25) is 0 Å². The monoisotopic (exact) mass is 409 g/mol. The summed E-state index contributed by atoms with van der Waals surface area (Å²) in [6.45, 7) is -0.329. The van der Waals surface area contributed by atoms with E-state index in [0.29, 0.717) is 5.69 Å². The second-order valence-corrected chi connectivity index (χ2v) is 8.15. The van der Waals surface area contributed by atoms with Crippen LogP contribution < -0.4 is 4.72 Å². The van der Waals surface area contributed by atoms with Crippen molar-refractivity contribution in [3.05, 3.63) is 52.9 Å². The first-order valence-corrected chi connectivity index (χ1v) is 9.76. The van der Waals surface area contributed by atoms with Gasteiger partial charge in [-0.2, -0.15) is 18.3 Å². The molecular weight excluding hydrogens is 393 g/mol. The molecule has 2 aromatic rings. The van der Waals surface area contributed by atoms with E-state index in [0.717, 1.165) is 41.8 Å². The summed E-state index contributed by atoms with van der Waals surface area (Å²) in [5.41, 5.74) is -0.939. The molecule has 1 aliphatic carbocycles. The van der Waals surface area contributed by atoms with Gasteiger partial charge in [-0.05, 0) is 37.1 Å². The molecule has 0 radical (unpaired) electrons. The third-order valence-corrected chi connectivity index (χ3v) is 5.43.